The molecule has 0 N–H and O–H groups in total. The van der Waals surface area contributed by atoms with Crippen molar-refractivity contribution in [3.63, 3.8) is 0 Å². The second kappa shape index (κ2) is 14.0. The number of nitrogens with zero attached hydrogens (tertiary/aromatic N) is 5. The number of hydrogen-bond acceptors (Lipinski definition) is 2. The molecular weight excluding hydrogens is 767 g/mol. The van der Waals surface area contributed by atoms with Crippen LogP contribution in [0.2, 0.25) is 0 Å². The molecule has 0 unspecified atom stereocenters. The summed E-state index contributed by atoms with van der Waals surface area (Å²) in [5.41, 5.74) is 15.0. The molecule has 0 saturated carbocycles. The zero-order valence-corrected chi connectivity index (χ0v) is 34.1. The summed E-state index contributed by atoms with van der Waals surface area (Å²) in [6.45, 7) is 0. The van der Waals surface area contributed by atoms with Crippen LogP contribution in [0.4, 0.5) is 0 Å². The molecule has 5 nitrogen and oxygen atoms in total. The van der Waals surface area contributed by atoms with E-state index >= 15 is 0 Å². The van der Waals surface area contributed by atoms with Crippen molar-refractivity contribution in [3.8, 4) is 50.7 Å². The van der Waals surface area contributed by atoms with Crippen LogP contribution in [0.25, 0.3) is 116 Å². The van der Waals surface area contributed by atoms with Crippen LogP contribution < -0.4 is 0 Å². The molecule has 0 fully saturated rings. The topological polar surface area (TPSA) is 40.6 Å². The van der Waals surface area contributed by atoms with Gasteiger partial charge in [-0.25, -0.2) is 9.97 Å². The summed E-state index contributed by atoms with van der Waals surface area (Å²) >= 11 is 0. The van der Waals surface area contributed by atoms with E-state index in [9.17, 15) is 0 Å². The second-order valence-electron chi connectivity index (χ2n) is 16.3. The number of pyridine rings is 1. The molecule has 0 spiro atoms. The van der Waals surface area contributed by atoms with Gasteiger partial charge in [0.15, 0.2) is 5.65 Å². The van der Waals surface area contributed by atoms with Gasteiger partial charge in [0.25, 0.3) is 0 Å². The van der Waals surface area contributed by atoms with Crippen molar-refractivity contribution in [1.29, 1.82) is 0 Å². The predicted molar refractivity (Wildman–Crippen MR) is 261 cm³/mol. The van der Waals surface area contributed by atoms with E-state index in [1.54, 1.807) is 0 Å². The third-order valence-corrected chi connectivity index (χ3v) is 12.6. The summed E-state index contributed by atoms with van der Waals surface area (Å²) in [4.78, 5) is 10.4. The smallest absolute Gasteiger partial charge is 0.164 e. The lowest BCUT2D eigenvalue weighted by Crippen LogP contribution is -2.00. The zero-order chi connectivity index (χ0) is 41.4. The summed E-state index contributed by atoms with van der Waals surface area (Å²) in [6.07, 6.45) is 1.97. The van der Waals surface area contributed by atoms with Crippen molar-refractivity contribution in [2.24, 2.45) is 0 Å². The van der Waals surface area contributed by atoms with E-state index in [-0.39, 0.29) is 0 Å². The minimum atomic E-state index is 0.819. The highest BCUT2D eigenvalue weighted by Crippen LogP contribution is 2.39. The second-order valence-corrected chi connectivity index (χ2v) is 16.3. The maximum Gasteiger partial charge on any atom is 0.164 e. The number of fused-ring (bicyclic) bond motifs is 8. The lowest BCUT2D eigenvalue weighted by molar-refractivity contribution is 1.08. The van der Waals surface area contributed by atoms with Crippen LogP contribution in [-0.4, -0.2) is 23.7 Å². The molecule has 0 bridgehead atoms. The van der Waals surface area contributed by atoms with Gasteiger partial charge >= 0.3 is 0 Å². The van der Waals surface area contributed by atoms with Gasteiger partial charge in [0.1, 0.15) is 11.3 Å². The van der Waals surface area contributed by atoms with Crippen LogP contribution in [0.5, 0.6) is 0 Å². The molecule has 4 aromatic heterocycles. The van der Waals surface area contributed by atoms with Gasteiger partial charge in [0, 0.05) is 55.9 Å². The summed E-state index contributed by atoms with van der Waals surface area (Å²) in [5, 5.41) is 7.37. The average molecular weight is 804 g/mol. The Labute approximate surface area is 363 Å². The predicted octanol–water partition coefficient (Wildman–Crippen LogP) is 14.8. The first kappa shape index (κ1) is 35.2. The Morgan fingerprint density at radius 1 is 0.302 bits per heavy atom. The summed E-state index contributed by atoms with van der Waals surface area (Å²) < 4.78 is 7.01. The molecule has 13 aromatic rings. The monoisotopic (exact) mass is 803 g/mol. The summed E-state index contributed by atoms with van der Waals surface area (Å²) in [5.74, 6) is 0.843. The Kier molecular flexibility index (Phi) is 7.84. The molecule has 0 radical (unpaired) electrons. The minimum absolute atomic E-state index is 0.819. The van der Waals surface area contributed by atoms with Gasteiger partial charge in [-0.2, -0.15) is 0 Å². The normalized spacial score (nSPS) is 11.8. The van der Waals surface area contributed by atoms with Gasteiger partial charge in [-0.1, -0.05) is 152 Å². The lowest BCUT2D eigenvalue weighted by atomic mass is 10.0. The molecule has 9 aromatic carbocycles. The molecule has 0 amide bonds. The number of para-hydroxylation sites is 5. The highest BCUT2D eigenvalue weighted by atomic mass is 15.1. The van der Waals surface area contributed by atoms with Crippen LogP contribution in [0.15, 0.2) is 225 Å². The Bertz CT molecular complexity index is 3670. The third-order valence-electron chi connectivity index (χ3n) is 12.6. The largest absolute Gasteiger partial charge is 0.309 e. The van der Waals surface area contributed by atoms with Crippen molar-refractivity contribution < 1.29 is 0 Å². The van der Waals surface area contributed by atoms with Crippen molar-refractivity contribution in [3.05, 3.63) is 225 Å². The SMILES string of the molecule is c1ccc(-n2c(-c3ccc(-c4cc(-n5c6ccccc6c6ccccc65)cc(-n5c6ccccc6c6ccccc65)c4)cc3)nc3cc(-c4ccc5ccccc5c4)cnc32)cc1. The molecule has 4 heterocycles. The van der Waals surface area contributed by atoms with E-state index in [1.165, 1.54) is 54.4 Å². The lowest BCUT2D eigenvalue weighted by Gasteiger charge is -2.16. The van der Waals surface area contributed by atoms with Gasteiger partial charge < -0.3 is 9.13 Å². The number of benzene rings is 9. The highest BCUT2D eigenvalue weighted by Gasteiger charge is 2.20. The minimum Gasteiger partial charge on any atom is -0.309 e. The third kappa shape index (κ3) is 5.64. The molecule has 13 rings (SSSR count). The number of aromatic nitrogens is 5. The van der Waals surface area contributed by atoms with Gasteiger partial charge in [0.05, 0.1) is 22.1 Å². The molecule has 0 aliphatic carbocycles. The van der Waals surface area contributed by atoms with Crippen LogP contribution in [0.3, 0.4) is 0 Å². The van der Waals surface area contributed by atoms with Gasteiger partial charge in [-0.15, -0.1) is 0 Å². The first-order chi connectivity index (χ1) is 31.2. The van der Waals surface area contributed by atoms with Gasteiger partial charge in [0.2, 0.25) is 0 Å². The standard InChI is InChI=1S/C58H37N5/c1-2-16-45(17-3-1)63-57(60-52-35-44(37-59-58(52)63)42-31-28-38-14-4-5-15-41(38)32-42)40-29-26-39(27-30-40)43-33-46(61-53-22-10-6-18-48(53)49-19-7-11-23-54(49)61)36-47(34-43)62-55-24-12-8-20-50(55)51-21-9-13-25-56(51)62/h1-37H. The summed E-state index contributed by atoms with van der Waals surface area (Å²) in [7, 11) is 0. The Morgan fingerprint density at radius 2 is 0.794 bits per heavy atom. The van der Waals surface area contributed by atoms with Crippen molar-refractivity contribution in [1.82, 2.24) is 23.7 Å². The number of hydrogen-bond donors (Lipinski definition) is 0. The molecule has 294 valence electrons. The number of imidazole rings is 1. The molecule has 0 aliphatic rings. The molecule has 63 heavy (non-hydrogen) atoms. The van der Waals surface area contributed by atoms with Crippen LogP contribution in [-0.2, 0) is 0 Å². The highest BCUT2D eigenvalue weighted by molar-refractivity contribution is 6.11. The number of rotatable bonds is 6. The van der Waals surface area contributed by atoms with Crippen molar-refractivity contribution >= 4 is 65.5 Å². The maximum atomic E-state index is 5.32. The Hall–Kier alpha value is -8.54. The van der Waals surface area contributed by atoms with E-state index in [0.29, 0.717) is 0 Å². The summed E-state index contributed by atoms with van der Waals surface area (Å²) in [6, 6.07) is 78.4. The molecule has 5 heteroatoms. The molecule has 0 atom stereocenters. The van der Waals surface area contributed by atoms with E-state index in [4.69, 9.17) is 9.97 Å². The molecule has 0 saturated heterocycles. The van der Waals surface area contributed by atoms with E-state index < -0.39 is 0 Å². The first-order valence-corrected chi connectivity index (χ1v) is 21.4. The quantitative estimate of drug-likeness (QED) is 0.168. The van der Waals surface area contributed by atoms with Crippen LogP contribution in [0, 0.1) is 0 Å². The fourth-order valence-corrected chi connectivity index (χ4v) is 9.74. The van der Waals surface area contributed by atoms with E-state index in [1.807, 2.05) is 12.3 Å². The fraction of sp³-hybridized carbons (Fsp3) is 0. The Balaban J connectivity index is 0.989. The van der Waals surface area contributed by atoms with E-state index in [0.717, 1.165) is 61.9 Å². The van der Waals surface area contributed by atoms with Crippen molar-refractivity contribution in [2.45, 2.75) is 0 Å². The Morgan fingerprint density at radius 3 is 1.38 bits per heavy atom. The zero-order valence-electron chi connectivity index (χ0n) is 34.1. The van der Waals surface area contributed by atoms with E-state index in [2.05, 4.69) is 226 Å². The maximum absolute atomic E-state index is 5.32. The molecule has 0 aliphatic heterocycles. The van der Waals surface area contributed by atoms with Crippen molar-refractivity contribution in [2.75, 3.05) is 0 Å². The van der Waals surface area contributed by atoms with Gasteiger partial charge in [-0.3, -0.25) is 4.57 Å². The first-order valence-electron chi connectivity index (χ1n) is 21.4. The molecular formula is C58H37N5. The van der Waals surface area contributed by atoms with Gasteiger partial charge in [-0.05, 0) is 94.2 Å². The van der Waals surface area contributed by atoms with Crippen LogP contribution in [0.1, 0.15) is 0 Å². The van der Waals surface area contributed by atoms with Crippen LogP contribution >= 0.6 is 0 Å². The average Bonchev–Trinajstić information content (AvgIpc) is 4.02. The fourth-order valence-electron chi connectivity index (χ4n) is 9.74.